The van der Waals surface area contributed by atoms with Gasteiger partial charge in [-0.05, 0) is 35.4 Å². The van der Waals surface area contributed by atoms with E-state index in [0.29, 0.717) is 19.7 Å². The minimum absolute atomic E-state index is 0.254. The molecule has 0 amide bonds. The molecule has 0 spiro atoms. The van der Waals surface area contributed by atoms with E-state index in [4.69, 9.17) is 13.9 Å². The van der Waals surface area contributed by atoms with Crippen LogP contribution in [-0.4, -0.2) is 36.4 Å². The standard InChI is InChI=1S/C23H27NO4/c1-26-22-10-5-9-20(13-22)15-24(14-19-7-3-2-4-8-19)16-21(25)17-27-18-23-11-6-12-28-23/h2-13,21,25H,14-18H2,1H3/t21-/m0/s1. The van der Waals surface area contributed by atoms with Crippen molar-refractivity contribution >= 4 is 0 Å². The predicted molar refractivity (Wildman–Crippen MR) is 108 cm³/mol. The van der Waals surface area contributed by atoms with Crippen LogP contribution in [-0.2, 0) is 24.4 Å². The first kappa shape index (κ1) is 20.1. The average Bonchev–Trinajstić information content (AvgIpc) is 3.22. The van der Waals surface area contributed by atoms with E-state index < -0.39 is 6.10 Å². The van der Waals surface area contributed by atoms with Crippen molar-refractivity contribution in [2.75, 3.05) is 20.3 Å². The molecule has 3 rings (SSSR count). The second kappa shape index (κ2) is 10.7. The SMILES string of the molecule is COc1cccc(CN(Cc2ccccc2)C[C@H](O)COCc2ccco2)c1. The van der Waals surface area contributed by atoms with E-state index in [2.05, 4.69) is 23.1 Å². The zero-order chi connectivity index (χ0) is 19.6. The fourth-order valence-corrected chi connectivity index (χ4v) is 3.10. The highest BCUT2D eigenvalue weighted by atomic mass is 16.5. The quantitative estimate of drug-likeness (QED) is 0.546. The molecule has 0 radical (unpaired) electrons. The summed E-state index contributed by atoms with van der Waals surface area (Å²) < 4.78 is 16.2. The molecule has 2 aromatic carbocycles. The Morgan fingerprint density at radius 1 is 0.964 bits per heavy atom. The Morgan fingerprint density at radius 3 is 2.50 bits per heavy atom. The van der Waals surface area contributed by atoms with Gasteiger partial charge in [0.15, 0.2) is 0 Å². The highest BCUT2D eigenvalue weighted by Gasteiger charge is 2.14. The topological polar surface area (TPSA) is 55.1 Å². The lowest BCUT2D eigenvalue weighted by Gasteiger charge is -2.25. The van der Waals surface area contributed by atoms with Crippen LogP contribution in [0.2, 0.25) is 0 Å². The number of benzene rings is 2. The molecule has 0 aliphatic rings. The largest absolute Gasteiger partial charge is 0.497 e. The van der Waals surface area contributed by atoms with Crippen molar-refractivity contribution in [1.82, 2.24) is 4.90 Å². The number of methoxy groups -OCH3 is 1. The molecule has 0 saturated heterocycles. The molecular formula is C23H27NO4. The number of nitrogens with zero attached hydrogens (tertiary/aromatic N) is 1. The first-order valence-electron chi connectivity index (χ1n) is 9.40. The van der Waals surface area contributed by atoms with Crippen LogP contribution in [0.4, 0.5) is 0 Å². The number of aliphatic hydroxyl groups excluding tert-OH is 1. The van der Waals surface area contributed by atoms with Crippen LogP contribution < -0.4 is 4.74 Å². The Kier molecular flexibility index (Phi) is 7.67. The highest BCUT2D eigenvalue weighted by Crippen LogP contribution is 2.16. The van der Waals surface area contributed by atoms with Crippen molar-refractivity contribution < 1.29 is 19.0 Å². The summed E-state index contributed by atoms with van der Waals surface area (Å²) in [5.74, 6) is 1.59. The monoisotopic (exact) mass is 381 g/mol. The van der Waals surface area contributed by atoms with E-state index in [1.54, 1.807) is 13.4 Å². The summed E-state index contributed by atoms with van der Waals surface area (Å²) in [5.41, 5.74) is 2.34. The third kappa shape index (κ3) is 6.53. The summed E-state index contributed by atoms with van der Waals surface area (Å²) in [5, 5.41) is 10.5. The van der Waals surface area contributed by atoms with Crippen molar-refractivity contribution in [2.24, 2.45) is 0 Å². The number of hydrogen-bond donors (Lipinski definition) is 1. The van der Waals surface area contributed by atoms with Crippen LogP contribution in [0.1, 0.15) is 16.9 Å². The number of hydrogen-bond acceptors (Lipinski definition) is 5. The predicted octanol–water partition coefficient (Wildman–Crippen LogP) is 3.87. The van der Waals surface area contributed by atoms with Gasteiger partial charge >= 0.3 is 0 Å². The molecule has 5 nitrogen and oxygen atoms in total. The van der Waals surface area contributed by atoms with E-state index in [1.807, 2.05) is 48.5 Å². The lowest BCUT2D eigenvalue weighted by Crippen LogP contribution is -2.34. The highest BCUT2D eigenvalue weighted by molar-refractivity contribution is 5.28. The lowest BCUT2D eigenvalue weighted by molar-refractivity contribution is 0.00253. The summed E-state index contributed by atoms with van der Waals surface area (Å²) in [7, 11) is 1.67. The van der Waals surface area contributed by atoms with Crippen LogP contribution in [0.25, 0.3) is 0 Å². The first-order valence-corrected chi connectivity index (χ1v) is 9.40. The smallest absolute Gasteiger partial charge is 0.129 e. The van der Waals surface area contributed by atoms with E-state index >= 15 is 0 Å². The molecule has 1 heterocycles. The minimum atomic E-state index is -0.593. The van der Waals surface area contributed by atoms with Crippen LogP contribution in [0, 0.1) is 0 Å². The third-order valence-corrected chi connectivity index (χ3v) is 4.39. The molecule has 148 valence electrons. The summed E-state index contributed by atoms with van der Waals surface area (Å²) in [6.45, 7) is 2.57. The average molecular weight is 381 g/mol. The molecule has 0 fully saturated rings. The second-order valence-corrected chi connectivity index (χ2v) is 6.76. The Hall–Kier alpha value is -2.60. The van der Waals surface area contributed by atoms with E-state index in [9.17, 15) is 5.11 Å². The zero-order valence-corrected chi connectivity index (χ0v) is 16.2. The van der Waals surface area contributed by atoms with Crippen LogP contribution in [0.5, 0.6) is 5.75 Å². The van der Waals surface area contributed by atoms with E-state index in [-0.39, 0.29) is 6.61 Å². The van der Waals surface area contributed by atoms with Gasteiger partial charge in [0.25, 0.3) is 0 Å². The minimum Gasteiger partial charge on any atom is -0.497 e. The number of ether oxygens (including phenoxy) is 2. The maximum atomic E-state index is 10.5. The number of rotatable bonds is 11. The van der Waals surface area contributed by atoms with Crippen LogP contribution in [0.3, 0.4) is 0 Å². The fraction of sp³-hybridized carbons (Fsp3) is 0.304. The van der Waals surface area contributed by atoms with Gasteiger partial charge in [-0.25, -0.2) is 0 Å². The van der Waals surface area contributed by atoms with E-state index in [0.717, 1.165) is 23.6 Å². The summed E-state index contributed by atoms with van der Waals surface area (Å²) in [6.07, 6.45) is 1.02. The first-order chi connectivity index (χ1) is 13.7. The molecule has 1 aromatic heterocycles. The normalized spacial score (nSPS) is 12.2. The van der Waals surface area contributed by atoms with Gasteiger partial charge in [-0.2, -0.15) is 0 Å². The van der Waals surface area contributed by atoms with Gasteiger partial charge in [0.1, 0.15) is 18.1 Å². The van der Waals surface area contributed by atoms with Crippen molar-refractivity contribution in [2.45, 2.75) is 25.8 Å². The Bertz CT molecular complexity index is 804. The molecule has 0 aliphatic heterocycles. The molecule has 5 heteroatoms. The lowest BCUT2D eigenvalue weighted by atomic mass is 10.1. The van der Waals surface area contributed by atoms with Crippen molar-refractivity contribution in [1.29, 1.82) is 0 Å². The second-order valence-electron chi connectivity index (χ2n) is 6.76. The number of furan rings is 1. The van der Waals surface area contributed by atoms with Gasteiger partial charge < -0.3 is 19.0 Å². The Morgan fingerprint density at radius 2 is 1.75 bits per heavy atom. The molecular weight excluding hydrogens is 354 g/mol. The molecule has 0 aliphatic carbocycles. The molecule has 0 bridgehead atoms. The van der Waals surface area contributed by atoms with Crippen LogP contribution in [0.15, 0.2) is 77.4 Å². The molecule has 1 N–H and O–H groups in total. The molecule has 0 saturated carbocycles. The molecule has 0 unspecified atom stereocenters. The number of aliphatic hydroxyl groups is 1. The fourth-order valence-electron chi connectivity index (χ4n) is 3.10. The van der Waals surface area contributed by atoms with Gasteiger partial charge in [-0.15, -0.1) is 0 Å². The summed E-state index contributed by atoms with van der Waals surface area (Å²) in [4.78, 5) is 2.21. The summed E-state index contributed by atoms with van der Waals surface area (Å²) >= 11 is 0. The van der Waals surface area contributed by atoms with Crippen molar-refractivity contribution in [3.63, 3.8) is 0 Å². The van der Waals surface area contributed by atoms with Gasteiger partial charge in [0, 0.05) is 19.6 Å². The third-order valence-electron chi connectivity index (χ3n) is 4.39. The Labute approximate surface area is 166 Å². The van der Waals surface area contributed by atoms with Gasteiger partial charge in [-0.3, -0.25) is 4.90 Å². The van der Waals surface area contributed by atoms with Gasteiger partial charge in [-0.1, -0.05) is 42.5 Å². The maximum Gasteiger partial charge on any atom is 0.129 e. The van der Waals surface area contributed by atoms with Gasteiger partial charge in [0.2, 0.25) is 0 Å². The van der Waals surface area contributed by atoms with Crippen molar-refractivity contribution in [3.8, 4) is 5.75 Å². The Balaban J connectivity index is 1.59. The maximum absolute atomic E-state index is 10.5. The van der Waals surface area contributed by atoms with Crippen molar-refractivity contribution in [3.05, 3.63) is 89.9 Å². The van der Waals surface area contributed by atoms with Crippen LogP contribution >= 0.6 is 0 Å². The molecule has 28 heavy (non-hydrogen) atoms. The zero-order valence-electron chi connectivity index (χ0n) is 16.2. The van der Waals surface area contributed by atoms with Gasteiger partial charge in [0.05, 0.1) is 26.1 Å². The summed E-state index contributed by atoms with van der Waals surface area (Å²) in [6, 6.07) is 22.0. The molecule has 3 aromatic rings. The molecule has 1 atom stereocenters. The van der Waals surface area contributed by atoms with E-state index in [1.165, 1.54) is 5.56 Å².